The molecule has 0 aliphatic rings. The first kappa shape index (κ1) is 25.2. The first-order chi connectivity index (χ1) is 17.7. The third kappa shape index (κ3) is 4.95. The predicted molar refractivity (Wildman–Crippen MR) is 148 cm³/mol. The number of hydrogen-bond acceptors (Lipinski definition) is 6. The quantitative estimate of drug-likeness (QED) is 0.220. The van der Waals surface area contributed by atoms with Crippen LogP contribution in [0, 0.1) is 19.3 Å². The highest BCUT2D eigenvalue weighted by Gasteiger charge is 2.19. The van der Waals surface area contributed by atoms with Crippen molar-refractivity contribution < 1.29 is 4.39 Å². The molecule has 0 spiro atoms. The van der Waals surface area contributed by atoms with Gasteiger partial charge in [0.05, 0.1) is 28.9 Å². The zero-order valence-electron chi connectivity index (χ0n) is 20.7. The molecule has 8 heteroatoms. The van der Waals surface area contributed by atoms with E-state index < -0.39 is 5.83 Å². The van der Waals surface area contributed by atoms with Crippen molar-refractivity contribution in [1.29, 1.82) is 5.41 Å². The molecule has 0 saturated carbocycles. The summed E-state index contributed by atoms with van der Waals surface area (Å²) in [5.74, 6) is -0.411. The first-order valence-electron chi connectivity index (χ1n) is 11.5. The smallest absolute Gasteiger partial charge is 0.263 e. The Kier molecular flexibility index (Phi) is 7.11. The Morgan fingerprint density at radius 2 is 1.89 bits per heavy atom. The van der Waals surface area contributed by atoms with E-state index in [9.17, 15) is 9.18 Å². The first-order valence-corrected chi connectivity index (χ1v) is 11.5. The zero-order chi connectivity index (χ0) is 26.7. The number of rotatable bonds is 8. The van der Waals surface area contributed by atoms with Crippen molar-refractivity contribution >= 4 is 28.1 Å². The number of halogens is 1. The molecule has 4 N–H and O–H groups in total. The van der Waals surface area contributed by atoms with E-state index >= 15 is 0 Å². The summed E-state index contributed by atoms with van der Waals surface area (Å²) in [5.41, 5.74) is 9.52. The lowest BCUT2D eigenvalue weighted by Crippen LogP contribution is -2.25. The van der Waals surface area contributed by atoms with Crippen LogP contribution in [0.25, 0.3) is 16.5 Å². The lowest BCUT2D eigenvalue weighted by Gasteiger charge is -2.19. The summed E-state index contributed by atoms with van der Waals surface area (Å²) in [6.45, 7) is 10.9. The number of nitrogens with one attached hydrogen (secondary N) is 2. The average Bonchev–Trinajstić information content (AvgIpc) is 2.86. The van der Waals surface area contributed by atoms with Crippen molar-refractivity contribution in [3.8, 4) is 5.69 Å². The van der Waals surface area contributed by atoms with E-state index in [1.807, 2.05) is 62.4 Å². The fraction of sp³-hybridized carbons (Fsp3) is 0.103. The molecule has 186 valence electrons. The highest BCUT2D eigenvalue weighted by atomic mass is 19.1. The van der Waals surface area contributed by atoms with Gasteiger partial charge in [-0.15, -0.1) is 0 Å². The van der Waals surface area contributed by atoms with Crippen molar-refractivity contribution in [1.82, 2.24) is 14.5 Å². The molecule has 0 aliphatic heterocycles. The molecule has 4 aromatic rings. The van der Waals surface area contributed by atoms with Gasteiger partial charge in [0.15, 0.2) is 0 Å². The van der Waals surface area contributed by atoms with Gasteiger partial charge in [-0.1, -0.05) is 55.6 Å². The molecule has 0 unspecified atom stereocenters. The second kappa shape index (κ2) is 10.4. The van der Waals surface area contributed by atoms with Crippen molar-refractivity contribution in [2.24, 2.45) is 0 Å². The Morgan fingerprint density at radius 1 is 1.16 bits per heavy atom. The number of nitrogens with two attached hydrogens (primary N) is 1. The van der Waals surface area contributed by atoms with Gasteiger partial charge in [0.25, 0.3) is 5.56 Å². The van der Waals surface area contributed by atoms with E-state index in [0.717, 1.165) is 28.3 Å². The van der Waals surface area contributed by atoms with E-state index in [1.165, 1.54) is 12.4 Å². The predicted octanol–water partition coefficient (Wildman–Crippen LogP) is 5.56. The average molecular weight is 495 g/mol. The highest BCUT2D eigenvalue weighted by Crippen LogP contribution is 2.25. The number of pyridine rings is 1. The van der Waals surface area contributed by atoms with E-state index in [4.69, 9.17) is 11.1 Å². The van der Waals surface area contributed by atoms with Crippen LogP contribution in [0.4, 0.5) is 16.0 Å². The maximum absolute atomic E-state index is 13.8. The second-order valence-electron chi connectivity index (χ2n) is 8.56. The molecule has 37 heavy (non-hydrogen) atoms. The summed E-state index contributed by atoms with van der Waals surface area (Å²) < 4.78 is 15.2. The van der Waals surface area contributed by atoms with Gasteiger partial charge in [0.2, 0.25) is 0 Å². The lowest BCUT2D eigenvalue weighted by molar-refractivity contribution is 0.671. The van der Waals surface area contributed by atoms with E-state index in [0.29, 0.717) is 11.1 Å². The number of anilines is 2. The van der Waals surface area contributed by atoms with Gasteiger partial charge in [0, 0.05) is 11.3 Å². The Bertz CT molecular complexity index is 1650. The minimum Gasteiger partial charge on any atom is -0.383 e. The molecule has 2 aromatic heterocycles. The van der Waals surface area contributed by atoms with Crippen LogP contribution in [-0.4, -0.2) is 20.2 Å². The minimum absolute atomic E-state index is 0.0464. The summed E-state index contributed by atoms with van der Waals surface area (Å²) in [6, 6.07) is 15.4. The number of hydrogen-bond donors (Lipinski definition) is 3. The Labute approximate surface area is 214 Å². The lowest BCUT2D eigenvalue weighted by atomic mass is 10.0. The number of nitrogen functional groups attached to an aromatic ring is 1. The Balaban J connectivity index is 1.85. The summed E-state index contributed by atoms with van der Waals surface area (Å²) in [5, 5.41) is 13.3. The third-order valence-corrected chi connectivity index (χ3v) is 6.07. The van der Waals surface area contributed by atoms with Crippen LogP contribution in [0.1, 0.15) is 22.4 Å². The standard InChI is InChI=1S/C29H27FN6O/c1-5-20(13-19(4)30)26(31)25-27(32)34-16-35-28(25)33-15-22-14-21-11-8-10-18(3)24(21)29(37)36(22)23-12-7-6-9-17(23)2/h5-14,16,31H,1,4,15H2,2-3H3,(H3,32,33,34,35)/b20-13+,31-26?. The molecule has 0 fully saturated rings. The van der Waals surface area contributed by atoms with Gasteiger partial charge in [0.1, 0.15) is 23.8 Å². The van der Waals surface area contributed by atoms with E-state index in [1.54, 1.807) is 4.57 Å². The van der Waals surface area contributed by atoms with E-state index in [2.05, 4.69) is 28.4 Å². The van der Waals surface area contributed by atoms with Gasteiger partial charge in [-0.25, -0.2) is 14.4 Å². The van der Waals surface area contributed by atoms with Gasteiger partial charge in [-0.3, -0.25) is 14.8 Å². The highest BCUT2D eigenvalue weighted by molar-refractivity contribution is 6.17. The van der Waals surface area contributed by atoms with Crippen molar-refractivity contribution in [3.05, 3.63) is 124 Å². The molecule has 0 bridgehead atoms. The number of para-hydroxylation sites is 1. The fourth-order valence-corrected chi connectivity index (χ4v) is 4.30. The van der Waals surface area contributed by atoms with Crippen LogP contribution in [0.15, 0.2) is 96.4 Å². The SMILES string of the molecule is C=C/C(=C\C(=C)F)C(=N)c1c(N)ncnc1NCc1cc2cccc(C)c2c(=O)n1-c1ccccc1C. The monoisotopic (exact) mass is 494 g/mol. The number of aromatic nitrogens is 3. The van der Waals surface area contributed by atoms with Crippen molar-refractivity contribution in [2.75, 3.05) is 11.1 Å². The molecular weight excluding hydrogens is 467 g/mol. The van der Waals surface area contributed by atoms with Crippen LogP contribution in [0.5, 0.6) is 0 Å². The molecule has 2 heterocycles. The summed E-state index contributed by atoms with van der Waals surface area (Å²) in [4.78, 5) is 22.1. The van der Waals surface area contributed by atoms with Crippen molar-refractivity contribution in [3.63, 3.8) is 0 Å². The second-order valence-corrected chi connectivity index (χ2v) is 8.56. The van der Waals surface area contributed by atoms with Gasteiger partial charge in [-0.05, 0) is 48.6 Å². The molecule has 0 radical (unpaired) electrons. The molecule has 0 amide bonds. The van der Waals surface area contributed by atoms with Crippen LogP contribution in [0.3, 0.4) is 0 Å². The molecule has 4 rings (SSSR count). The topological polar surface area (TPSA) is 110 Å². The van der Waals surface area contributed by atoms with E-state index in [-0.39, 0.29) is 40.6 Å². The maximum atomic E-state index is 13.8. The minimum atomic E-state index is -0.724. The molecule has 2 aromatic carbocycles. The molecule has 0 aliphatic carbocycles. The molecular formula is C29H27FN6O. The largest absolute Gasteiger partial charge is 0.383 e. The van der Waals surface area contributed by atoms with Gasteiger partial charge >= 0.3 is 0 Å². The molecule has 7 nitrogen and oxygen atoms in total. The van der Waals surface area contributed by atoms with Gasteiger partial charge < -0.3 is 11.1 Å². The molecule has 0 atom stereocenters. The summed E-state index contributed by atoms with van der Waals surface area (Å²) in [6.07, 6.45) is 3.70. The van der Waals surface area contributed by atoms with Crippen LogP contribution >= 0.6 is 0 Å². The number of allylic oxidation sites excluding steroid dienone is 4. The summed E-state index contributed by atoms with van der Waals surface area (Å²) in [7, 11) is 0. The third-order valence-electron chi connectivity index (χ3n) is 6.07. The summed E-state index contributed by atoms with van der Waals surface area (Å²) >= 11 is 0. The Morgan fingerprint density at radius 3 is 2.59 bits per heavy atom. The maximum Gasteiger partial charge on any atom is 0.263 e. The van der Waals surface area contributed by atoms with Gasteiger partial charge in [-0.2, -0.15) is 0 Å². The van der Waals surface area contributed by atoms with Crippen molar-refractivity contribution in [2.45, 2.75) is 20.4 Å². The molecule has 0 saturated heterocycles. The van der Waals surface area contributed by atoms with Crippen LogP contribution in [-0.2, 0) is 6.54 Å². The Hall–Kier alpha value is -4.85. The number of nitrogens with zero attached hydrogens (tertiary/aromatic N) is 3. The number of aryl methyl sites for hydroxylation is 2. The number of benzene rings is 2. The van der Waals surface area contributed by atoms with Crippen LogP contribution in [0.2, 0.25) is 0 Å². The normalized spacial score (nSPS) is 11.4. The zero-order valence-corrected chi connectivity index (χ0v) is 20.7. The number of fused-ring (bicyclic) bond motifs is 1. The van der Waals surface area contributed by atoms with Crippen LogP contribution < -0.4 is 16.6 Å². The fourth-order valence-electron chi connectivity index (χ4n) is 4.30.